The summed E-state index contributed by atoms with van der Waals surface area (Å²) >= 11 is 2.33. The fourth-order valence-electron chi connectivity index (χ4n) is 1.13. The standard InChI is InChI=1S/C8H11IN2O/c1-10-5-6-2-3-7(11-12)4-8(6)9/h2-3,8,10H,4-5H2,1H3. The van der Waals surface area contributed by atoms with Crippen molar-refractivity contribution in [3.8, 4) is 0 Å². The molecule has 0 saturated heterocycles. The summed E-state index contributed by atoms with van der Waals surface area (Å²) in [6.07, 6.45) is 4.54. The summed E-state index contributed by atoms with van der Waals surface area (Å²) in [5.74, 6) is 0. The van der Waals surface area contributed by atoms with E-state index in [2.05, 4.69) is 33.1 Å². The Morgan fingerprint density at radius 1 is 1.75 bits per heavy atom. The summed E-state index contributed by atoms with van der Waals surface area (Å²) in [6, 6.07) is 0. The van der Waals surface area contributed by atoms with Gasteiger partial charge >= 0.3 is 0 Å². The van der Waals surface area contributed by atoms with Crippen molar-refractivity contribution in [2.75, 3.05) is 13.6 Å². The van der Waals surface area contributed by atoms with Crippen molar-refractivity contribution >= 4 is 22.6 Å². The molecule has 0 spiro atoms. The summed E-state index contributed by atoms with van der Waals surface area (Å²) in [5.41, 5.74) is 1.97. The van der Waals surface area contributed by atoms with Gasteiger partial charge < -0.3 is 5.32 Å². The van der Waals surface area contributed by atoms with Crippen LogP contribution in [0.2, 0.25) is 0 Å². The maximum atomic E-state index is 10.2. The molecule has 66 valence electrons. The van der Waals surface area contributed by atoms with Crippen LogP contribution in [0.25, 0.3) is 0 Å². The summed E-state index contributed by atoms with van der Waals surface area (Å²) < 4.78 is 0.410. The molecule has 12 heavy (non-hydrogen) atoms. The van der Waals surface area contributed by atoms with E-state index >= 15 is 0 Å². The van der Waals surface area contributed by atoms with E-state index in [0.717, 1.165) is 13.0 Å². The maximum absolute atomic E-state index is 10.2. The first-order valence-electron chi connectivity index (χ1n) is 3.79. The fourth-order valence-corrected chi connectivity index (χ4v) is 2.01. The first-order chi connectivity index (χ1) is 5.77. The van der Waals surface area contributed by atoms with Gasteiger partial charge in [-0.05, 0) is 23.9 Å². The average molecular weight is 278 g/mol. The summed E-state index contributed by atoms with van der Waals surface area (Å²) in [6.45, 7) is 0.885. The Bertz CT molecular complexity index is 235. The van der Waals surface area contributed by atoms with Crippen LogP contribution in [-0.2, 0) is 0 Å². The normalized spacial score (nSPS) is 23.0. The van der Waals surface area contributed by atoms with Gasteiger partial charge in [0.05, 0.1) is 5.70 Å². The molecule has 0 radical (unpaired) electrons. The van der Waals surface area contributed by atoms with Crippen LogP contribution in [-0.4, -0.2) is 17.5 Å². The number of alkyl halides is 1. The Kier molecular flexibility index (Phi) is 3.87. The predicted octanol–water partition coefficient (Wildman–Crippen LogP) is 1.99. The van der Waals surface area contributed by atoms with Crippen LogP contribution in [0.5, 0.6) is 0 Å². The summed E-state index contributed by atoms with van der Waals surface area (Å²) in [7, 11) is 1.92. The third-order valence-corrected chi connectivity index (χ3v) is 3.02. The highest BCUT2D eigenvalue weighted by atomic mass is 127. The zero-order chi connectivity index (χ0) is 8.97. The number of rotatable bonds is 3. The Labute approximate surface area is 85.4 Å². The molecular formula is C8H11IN2O. The maximum Gasteiger partial charge on any atom is 0.0862 e. The van der Waals surface area contributed by atoms with Crippen LogP contribution in [0.3, 0.4) is 0 Å². The lowest BCUT2D eigenvalue weighted by Crippen LogP contribution is -2.18. The number of nitrogens with zero attached hydrogens (tertiary/aromatic N) is 1. The monoisotopic (exact) mass is 278 g/mol. The first kappa shape index (κ1) is 9.85. The predicted molar refractivity (Wildman–Crippen MR) is 58.3 cm³/mol. The molecule has 0 aromatic heterocycles. The van der Waals surface area contributed by atoms with Gasteiger partial charge in [-0.1, -0.05) is 28.7 Å². The van der Waals surface area contributed by atoms with E-state index < -0.39 is 0 Å². The van der Waals surface area contributed by atoms with Gasteiger partial charge in [-0.2, -0.15) is 0 Å². The van der Waals surface area contributed by atoms with Gasteiger partial charge in [0.2, 0.25) is 0 Å². The van der Waals surface area contributed by atoms with Crippen LogP contribution in [0.15, 0.2) is 28.6 Å². The van der Waals surface area contributed by atoms with E-state index in [9.17, 15) is 4.91 Å². The van der Waals surface area contributed by atoms with E-state index in [1.165, 1.54) is 5.57 Å². The molecule has 4 heteroatoms. The van der Waals surface area contributed by atoms with Gasteiger partial charge in [-0.15, -0.1) is 4.91 Å². The molecule has 0 aromatic carbocycles. The minimum Gasteiger partial charge on any atom is -0.316 e. The second-order valence-electron chi connectivity index (χ2n) is 2.69. The number of nitrogens with one attached hydrogen (secondary N) is 1. The Morgan fingerprint density at radius 2 is 2.50 bits per heavy atom. The molecule has 0 saturated carbocycles. The topological polar surface area (TPSA) is 41.5 Å². The first-order valence-corrected chi connectivity index (χ1v) is 5.04. The van der Waals surface area contributed by atoms with Gasteiger partial charge in [-0.25, -0.2) is 0 Å². The van der Waals surface area contributed by atoms with E-state index in [1.807, 2.05) is 13.1 Å². The smallest absolute Gasteiger partial charge is 0.0862 e. The largest absolute Gasteiger partial charge is 0.316 e. The summed E-state index contributed by atoms with van der Waals surface area (Å²) in [4.78, 5) is 10.2. The number of allylic oxidation sites excluding steroid dienone is 3. The van der Waals surface area contributed by atoms with Gasteiger partial charge in [0, 0.05) is 16.9 Å². The van der Waals surface area contributed by atoms with Gasteiger partial charge in [0.1, 0.15) is 0 Å². The minimum atomic E-state index is 0.410. The van der Waals surface area contributed by atoms with Gasteiger partial charge in [0.25, 0.3) is 0 Å². The second-order valence-corrected chi connectivity index (χ2v) is 4.20. The van der Waals surface area contributed by atoms with Crippen molar-refractivity contribution in [2.45, 2.75) is 10.3 Å². The highest BCUT2D eigenvalue weighted by molar-refractivity contribution is 14.1. The van der Waals surface area contributed by atoms with Gasteiger partial charge in [-0.3, -0.25) is 0 Å². The molecule has 1 atom stereocenters. The van der Waals surface area contributed by atoms with Crippen LogP contribution >= 0.6 is 22.6 Å². The lowest BCUT2D eigenvalue weighted by Gasteiger charge is -2.16. The molecule has 1 aliphatic carbocycles. The SMILES string of the molecule is CNCC1=CC=C(N=O)CC1I. The molecule has 1 unspecified atom stereocenters. The Morgan fingerprint density at radius 3 is 3.00 bits per heavy atom. The van der Waals surface area contributed by atoms with Crippen LogP contribution < -0.4 is 5.32 Å². The fraction of sp³-hybridized carbons (Fsp3) is 0.500. The van der Waals surface area contributed by atoms with E-state index in [4.69, 9.17) is 0 Å². The van der Waals surface area contributed by atoms with Crippen LogP contribution in [0, 0.1) is 4.91 Å². The number of likely N-dealkylation sites (N-methyl/N-ethyl adjacent to an activating group) is 1. The number of nitroso groups, excluding NO2 is 1. The highest BCUT2D eigenvalue weighted by Crippen LogP contribution is 2.25. The van der Waals surface area contributed by atoms with Crippen molar-refractivity contribution in [1.82, 2.24) is 5.32 Å². The van der Waals surface area contributed by atoms with Crippen molar-refractivity contribution < 1.29 is 0 Å². The molecule has 3 nitrogen and oxygen atoms in total. The third-order valence-electron chi connectivity index (χ3n) is 1.78. The zero-order valence-corrected chi connectivity index (χ0v) is 9.04. The lowest BCUT2D eigenvalue weighted by molar-refractivity contribution is 0.817. The van der Waals surface area contributed by atoms with Crippen molar-refractivity contribution in [3.05, 3.63) is 28.3 Å². The molecule has 0 heterocycles. The molecule has 0 bridgehead atoms. The molecule has 1 aliphatic rings. The van der Waals surface area contributed by atoms with E-state index in [1.54, 1.807) is 6.08 Å². The second kappa shape index (κ2) is 4.71. The van der Waals surface area contributed by atoms with Crippen LogP contribution in [0.1, 0.15) is 6.42 Å². The minimum absolute atomic E-state index is 0.410. The molecule has 1 N–H and O–H groups in total. The number of hydrogen-bond donors (Lipinski definition) is 1. The highest BCUT2D eigenvalue weighted by Gasteiger charge is 2.15. The molecular weight excluding hydrogens is 267 g/mol. The third kappa shape index (κ3) is 2.38. The summed E-state index contributed by atoms with van der Waals surface area (Å²) in [5, 5.41) is 6.02. The average Bonchev–Trinajstić information content (AvgIpc) is 2.09. The Balaban J connectivity index is 2.68. The van der Waals surface area contributed by atoms with Crippen molar-refractivity contribution in [2.24, 2.45) is 5.18 Å². The lowest BCUT2D eigenvalue weighted by atomic mass is 10.0. The van der Waals surface area contributed by atoms with E-state index in [0.29, 0.717) is 9.62 Å². The molecule has 1 rings (SSSR count). The molecule has 0 amide bonds. The van der Waals surface area contributed by atoms with E-state index in [-0.39, 0.29) is 0 Å². The van der Waals surface area contributed by atoms with Crippen molar-refractivity contribution in [1.29, 1.82) is 0 Å². The van der Waals surface area contributed by atoms with Crippen LogP contribution in [0.4, 0.5) is 0 Å². The molecule has 0 fully saturated rings. The number of hydrogen-bond acceptors (Lipinski definition) is 3. The van der Waals surface area contributed by atoms with Gasteiger partial charge in [0.15, 0.2) is 0 Å². The Hall–Kier alpha value is -0.230. The number of halogens is 1. The zero-order valence-electron chi connectivity index (χ0n) is 6.88. The quantitative estimate of drug-likeness (QED) is 0.487. The molecule has 0 aliphatic heterocycles. The van der Waals surface area contributed by atoms with Crippen molar-refractivity contribution in [3.63, 3.8) is 0 Å². The molecule has 0 aromatic rings.